The molecule has 28 heavy (non-hydrogen) atoms. The first-order valence-electron chi connectivity index (χ1n) is 9.88. The molecule has 0 heterocycles. The Bertz CT molecular complexity index is 887. The van der Waals surface area contributed by atoms with Gasteiger partial charge in [-0.25, -0.2) is 4.39 Å². The lowest BCUT2D eigenvalue weighted by Gasteiger charge is -2.17. The first kappa shape index (κ1) is 19.7. The summed E-state index contributed by atoms with van der Waals surface area (Å²) in [6.07, 6.45) is 5.01. The molecule has 0 bridgehead atoms. The molecule has 2 nitrogen and oxygen atoms in total. The summed E-state index contributed by atoms with van der Waals surface area (Å²) in [6.45, 7) is 2.33. The number of ether oxygens (including phenoxy) is 1. The van der Waals surface area contributed by atoms with Crippen LogP contribution in [0.5, 0.6) is 5.75 Å². The van der Waals surface area contributed by atoms with Crippen LogP contribution in [0.1, 0.15) is 66.4 Å². The molecule has 2 atom stereocenters. The second-order valence-corrected chi connectivity index (χ2v) is 8.96. The highest BCUT2D eigenvalue weighted by Crippen LogP contribution is 2.46. The minimum Gasteiger partial charge on any atom is -0.489 e. The molecule has 2 saturated carbocycles. The van der Waals surface area contributed by atoms with Crippen LogP contribution in [0.2, 0.25) is 10.0 Å². The Kier molecular flexibility index (Phi) is 5.66. The number of carbonyl (C=O) groups is 1. The largest absolute Gasteiger partial charge is 0.489 e. The van der Waals surface area contributed by atoms with Gasteiger partial charge in [-0.2, -0.15) is 0 Å². The highest BCUT2D eigenvalue weighted by molar-refractivity contribution is 6.34. The number of benzene rings is 2. The van der Waals surface area contributed by atoms with Crippen LogP contribution in [0.3, 0.4) is 0 Å². The van der Waals surface area contributed by atoms with Gasteiger partial charge in [-0.05, 0) is 72.9 Å². The molecular weight excluding hydrogens is 398 g/mol. The average molecular weight is 421 g/mol. The molecule has 148 valence electrons. The van der Waals surface area contributed by atoms with Crippen molar-refractivity contribution >= 4 is 29.0 Å². The lowest BCUT2D eigenvalue weighted by Crippen LogP contribution is -2.19. The van der Waals surface area contributed by atoms with Gasteiger partial charge >= 0.3 is 0 Å². The lowest BCUT2D eigenvalue weighted by atomic mass is 9.88. The molecule has 4 rings (SSSR count). The molecule has 0 aromatic heterocycles. The summed E-state index contributed by atoms with van der Waals surface area (Å²) in [5.41, 5.74) is 1.97. The number of ketones is 1. The van der Waals surface area contributed by atoms with Crippen LogP contribution in [-0.4, -0.2) is 5.78 Å². The molecule has 0 aliphatic heterocycles. The van der Waals surface area contributed by atoms with Crippen molar-refractivity contribution in [3.8, 4) is 5.75 Å². The SMILES string of the molecule is C[C@@H]1CCC[C@H]1C(=O)c1cc(C2CC2)c(OCc2cc(Cl)cc(Cl)c2)cc1F. The van der Waals surface area contributed by atoms with E-state index in [2.05, 4.69) is 6.92 Å². The van der Waals surface area contributed by atoms with Crippen LogP contribution in [0, 0.1) is 17.7 Å². The zero-order chi connectivity index (χ0) is 19.8. The third-order valence-corrected chi connectivity index (χ3v) is 6.33. The van der Waals surface area contributed by atoms with E-state index in [4.69, 9.17) is 27.9 Å². The predicted octanol–water partition coefficient (Wildman–Crippen LogP) is 7.21. The van der Waals surface area contributed by atoms with Gasteiger partial charge in [0.1, 0.15) is 18.2 Å². The Balaban J connectivity index is 1.59. The van der Waals surface area contributed by atoms with Crippen molar-refractivity contribution in [2.24, 2.45) is 11.8 Å². The van der Waals surface area contributed by atoms with E-state index in [1.54, 1.807) is 24.3 Å². The monoisotopic (exact) mass is 420 g/mol. The van der Waals surface area contributed by atoms with E-state index in [1.807, 2.05) is 0 Å². The maximum atomic E-state index is 14.9. The van der Waals surface area contributed by atoms with E-state index in [0.717, 1.165) is 43.2 Å². The summed E-state index contributed by atoms with van der Waals surface area (Å²) < 4.78 is 20.8. The van der Waals surface area contributed by atoms with Crippen LogP contribution in [0.4, 0.5) is 4.39 Å². The van der Waals surface area contributed by atoms with Gasteiger partial charge in [-0.15, -0.1) is 0 Å². The highest BCUT2D eigenvalue weighted by Gasteiger charge is 2.34. The van der Waals surface area contributed by atoms with E-state index in [-0.39, 0.29) is 23.9 Å². The fourth-order valence-electron chi connectivity index (χ4n) is 4.19. The van der Waals surface area contributed by atoms with Crippen molar-refractivity contribution in [1.29, 1.82) is 0 Å². The van der Waals surface area contributed by atoms with E-state index in [0.29, 0.717) is 27.6 Å². The molecule has 0 N–H and O–H groups in total. The van der Waals surface area contributed by atoms with Gasteiger partial charge in [-0.3, -0.25) is 4.79 Å². The lowest BCUT2D eigenvalue weighted by molar-refractivity contribution is 0.0892. The van der Waals surface area contributed by atoms with Crippen molar-refractivity contribution in [2.45, 2.75) is 51.6 Å². The molecule has 5 heteroatoms. The topological polar surface area (TPSA) is 26.3 Å². The number of halogens is 3. The fourth-order valence-corrected chi connectivity index (χ4v) is 4.76. The molecule has 2 aliphatic carbocycles. The molecule has 2 aromatic rings. The Labute approximate surface area is 175 Å². The van der Waals surface area contributed by atoms with Gasteiger partial charge in [-0.1, -0.05) is 36.5 Å². The normalized spacial score (nSPS) is 21.7. The summed E-state index contributed by atoms with van der Waals surface area (Å²) in [7, 11) is 0. The molecule has 2 aliphatic rings. The van der Waals surface area contributed by atoms with Crippen LogP contribution < -0.4 is 4.74 Å². The molecule has 0 spiro atoms. The summed E-state index contributed by atoms with van der Waals surface area (Å²) in [6, 6.07) is 8.33. The van der Waals surface area contributed by atoms with Crippen molar-refractivity contribution in [2.75, 3.05) is 0 Å². The third kappa shape index (κ3) is 4.21. The highest BCUT2D eigenvalue weighted by atomic mass is 35.5. The molecule has 0 saturated heterocycles. The number of hydrogen-bond acceptors (Lipinski definition) is 2. The summed E-state index contributed by atoms with van der Waals surface area (Å²) in [5.74, 6) is 0.546. The molecule has 0 amide bonds. The second-order valence-electron chi connectivity index (χ2n) is 8.09. The van der Waals surface area contributed by atoms with Crippen LogP contribution in [0.25, 0.3) is 0 Å². The predicted molar refractivity (Wildman–Crippen MR) is 110 cm³/mol. The Morgan fingerprint density at radius 1 is 1.07 bits per heavy atom. The number of Topliss-reactive ketones (excluding diaryl/α,β-unsaturated/α-hetero) is 1. The first-order valence-corrected chi connectivity index (χ1v) is 10.6. The third-order valence-electron chi connectivity index (χ3n) is 5.90. The van der Waals surface area contributed by atoms with Gasteiger partial charge in [0.15, 0.2) is 5.78 Å². The van der Waals surface area contributed by atoms with Gasteiger partial charge in [0.2, 0.25) is 0 Å². The molecule has 0 unspecified atom stereocenters. The molecule has 0 radical (unpaired) electrons. The van der Waals surface area contributed by atoms with E-state index in [9.17, 15) is 9.18 Å². The summed E-state index contributed by atoms with van der Waals surface area (Å²) in [4.78, 5) is 12.9. The minimum atomic E-state index is -0.493. The molecule has 2 fully saturated rings. The van der Waals surface area contributed by atoms with Gasteiger partial charge in [0.05, 0.1) is 5.56 Å². The van der Waals surface area contributed by atoms with Crippen molar-refractivity contribution < 1.29 is 13.9 Å². The molecular formula is C23H23Cl2FO2. The number of carbonyl (C=O) groups excluding carboxylic acids is 1. The smallest absolute Gasteiger partial charge is 0.169 e. The maximum Gasteiger partial charge on any atom is 0.169 e. The minimum absolute atomic E-state index is 0.0578. The van der Waals surface area contributed by atoms with Crippen molar-refractivity contribution in [1.82, 2.24) is 0 Å². The van der Waals surface area contributed by atoms with E-state index >= 15 is 0 Å². The number of rotatable bonds is 6. The van der Waals surface area contributed by atoms with Gasteiger partial charge in [0, 0.05) is 22.0 Å². The maximum absolute atomic E-state index is 14.9. The summed E-state index contributed by atoms with van der Waals surface area (Å²) in [5, 5.41) is 1.07. The van der Waals surface area contributed by atoms with Gasteiger partial charge in [0.25, 0.3) is 0 Å². The Morgan fingerprint density at radius 3 is 2.39 bits per heavy atom. The zero-order valence-electron chi connectivity index (χ0n) is 15.8. The second kappa shape index (κ2) is 8.04. The fraction of sp³-hybridized carbons (Fsp3) is 0.435. The van der Waals surface area contributed by atoms with Crippen LogP contribution >= 0.6 is 23.2 Å². The number of hydrogen-bond donors (Lipinski definition) is 0. The summed E-state index contributed by atoms with van der Waals surface area (Å²) >= 11 is 12.1. The Morgan fingerprint density at radius 2 is 1.79 bits per heavy atom. The Hall–Kier alpha value is -1.58. The van der Waals surface area contributed by atoms with Crippen molar-refractivity contribution in [3.63, 3.8) is 0 Å². The zero-order valence-corrected chi connectivity index (χ0v) is 17.3. The molecule has 2 aromatic carbocycles. The first-order chi connectivity index (χ1) is 13.4. The van der Waals surface area contributed by atoms with Crippen molar-refractivity contribution in [3.05, 3.63) is 62.9 Å². The van der Waals surface area contributed by atoms with Crippen LogP contribution in [-0.2, 0) is 6.61 Å². The van der Waals surface area contributed by atoms with Crippen LogP contribution in [0.15, 0.2) is 30.3 Å². The standard InChI is InChI=1S/C23H23Cl2FO2/c1-13-3-2-4-18(13)23(27)20-10-19(15-5-6-15)22(11-21(20)26)28-12-14-7-16(24)9-17(25)8-14/h7-11,13,15,18H,2-6,12H2,1H3/t13-,18-/m1/s1. The average Bonchev–Trinajstić information content (AvgIpc) is 3.39. The van der Waals surface area contributed by atoms with E-state index < -0.39 is 5.82 Å². The van der Waals surface area contributed by atoms with Gasteiger partial charge < -0.3 is 4.74 Å². The quantitative estimate of drug-likeness (QED) is 0.461. The van der Waals surface area contributed by atoms with E-state index in [1.165, 1.54) is 6.07 Å².